The number of carbonyl (C=O) groups is 1. The summed E-state index contributed by atoms with van der Waals surface area (Å²) in [5.41, 5.74) is 1.97. The fourth-order valence-corrected chi connectivity index (χ4v) is 7.08. The van der Waals surface area contributed by atoms with Gasteiger partial charge in [-0.3, -0.25) is 18.9 Å². The highest BCUT2D eigenvalue weighted by atomic mass is 32.2. The number of methoxy groups -OCH3 is 1. The Morgan fingerprint density at radius 2 is 1.69 bits per heavy atom. The number of fused-ring (bicyclic) bond motifs is 1. The number of pyridine rings is 1. The van der Waals surface area contributed by atoms with Crippen LogP contribution in [0.2, 0.25) is 0 Å². The lowest BCUT2D eigenvalue weighted by atomic mass is 9.94. The van der Waals surface area contributed by atoms with Gasteiger partial charge in [-0.05, 0) is 55.3 Å². The molecule has 0 atom stereocenters. The molecule has 0 N–H and O–H groups in total. The largest absolute Gasteiger partial charge is 0.497 e. The highest BCUT2D eigenvalue weighted by Gasteiger charge is 2.38. The molecule has 3 fully saturated rings. The van der Waals surface area contributed by atoms with Crippen molar-refractivity contribution in [3.05, 3.63) is 69.5 Å². The summed E-state index contributed by atoms with van der Waals surface area (Å²) >= 11 is 6.94. The van der Waals surface area contributed by atoms with Crippen LogP contribution in [0.4, 0.5) is 11.5 Å². The molecule has 1 aliphatic carbocycles. The number of thiocarbonyl (C=S) groups is 1. The zero-order chi connectivity index (χ0) is 26.9. The minimum Gasteiger partial charge on any atom is -0.497 e. The summed E-state index contributed by atoms with van der Waals surface area (Å²) in [6.45, 7) is 2.97. The predicted octanol–water partition coefficient (Wildman–Crippen LogP) is 4.56. The molecule has 0 radical (unpaired) electrons. The fourth-order valence-electron chi connectivity index (χ4n) is 5.69. The molecule has 2 aromatic heterocycles. The van der Waals surface area contributed by atoms with Crippen molar-refractivity contribution in [2.75, 3.05) is 43.1 Å². The average Bonchev–Trinajstić information content (AvgIpc) is 3.27. The molecule has 202 valence electrons. The number of benzene rings is 1. The molecular weight excluding hydrogens is 530 g/mol. The van der Waals surface area contributed by atoms with E-state index in [1.165, 1.54) is 18.2 Å². The number of rotatable bonds is 5. The van der Waals surface area contributed by atoms with Gasteiger partial charge in [0.05, 0.1) is 17.6 Å². The van der Waals surface area contributed by atoms with Crippen molar-refractivity contribution >= 4 is 57.4 Å². The Kier molecular flexibility index (Phi) is 7.31. The Morgan fingerprint density at radius 3 is 2.41 bits per heavy atom. The molecule has 3 aromatic rings. The van der Waals surface area contributed by atoms with Gasteiger partial charge in [-0.15, -0.1) is 0 Å². The van der Waals surface area contributed by atoms with E-state index >= 15 is 0 Å². The average molecular weight is 562 g/mol. The molecule has 1 aromatic carbocycles. The summed E-state index contributed by atoms with van der Waals surface area (Å²) in [7, 11) is 1.67. The summed E-state index contributed by atoms with van der Waals surface area (Å²) in [6, 6.07) is 13.7. The van der Waals surface area contributed by atoms with Crippen LogP contribution in [-0.4, -0.2) is 63.8 Å². The molecule has 8 nitrogen and oxygen atoms in total. The van der Waals surface area contributed by atoms with Crippen LogP contribution in [0.25, 0.3) is 11.7 Å². The normalized spacial score (nSPS) is 19.9. The second-order valence-corrected chi connectivity index (χ2v) is 11.8. The highest BCUT2D eigenvalue weighted by Crippen LogP contribution is 2.38. The standard InChI is InChI=1S/C29H31N5O3S2/c1-37-22-12-10-20(11-13-22)31-15-17-32(18-16-31)26-23(27(35)33-14-6-5-9-25(33)30-26)19-24-28(36)34(29(38)39-24)21-7-3-2-4-8-21/h5-6,9-14,19,21H,2-4,7-8,15-18H2,1H3/b24-19-. The topological polar surface area (TPSA) is 70.4 Å². The summed E-state index contributed by atoms with van der Waals surface area (Å²) in [6.07, 6.45) is 8.83. The van der Waals surface area contributed by atoms with Gasteiger partial charge in [-0.25, -0.2) is 4.98 Å². The monoisotopic (exact) mass is 561 g/mol. The van der Waals surface area contributed by atoms with Crippen LogP contribution in [0.1, 0.15) is 37.7 Å². The van der Waals surface area contributed by atoms with Crippen molar-refractivity contribution < 1.29 is 9.53 Å². The number of thioether (sulfide) groups is 1. The van der Waals surface area contributed by atoms with E-state index in [0.29, 0.717) is 39.3 Å². The lowest BCUT2D eigenvalue weighted by molar-refractivity contribution is -0.124. The van der Waals surface area contributed by atoms with Crippen LogP contribution in [0.3, 0.4) is 0 Å². The highest BCUT2D eigenvalue weighted by molar-refractivity contribution is 8.26. The van der Waals surface area contributed by atoms with E-state index in [2.05, 4.69) is 21.9 Å². The van der Waals surface area contributed by atoms with Gasteiger partial charge in [-0.1, -0.05) is 49.3 Å². The first-order chi connectivity index (χ1) is 19.0. The first-order valence-corrected chi connectivity index (χ1v) is 14.7. The van der Waals surface area contributed by atoms with Crippen LogP contribution in [-0.2, 0) is 4.79 Å². The first kappa shape index (κ1) is 25.9. The molecule has 2 aliphatic heterocycles. The van der Waals surface area contributed by atoms with Gasteiger partial charge in [0.25, 0.3) is 11.5 Å². The zero-order valence-corrected chi connectivity index (χ0v) is 23.5. The van der Waals surface area contributed by atoms with E-state index in [-0.39, 0.29) is 17.5 Å². The molecule has 3 aliphatic rings. The van der Waals surface area contributed by atoms with E-state index in [9.17, 15) is 9.59 Å². The smallest absolute Gasteiger partial charge is 0.267 e. The van der Waals surface area contributed by atoms with E-state index in [1.807, 2.05) is 30.3 Å². The van der Waals surface area contributed by atoms with Gasteiger partial charge in [0.2, 0.25) is 0 Å². The number of carbonyl (C=O) groups excluding carboxylic acids is 1. The molecular formula is C29H31N5O3S2. The van der Waals surface area contributed by atoms with Crippen LogP contribution >= 0.6 is 24.0 Å². The molecule has 39 heavy (non-hydrogen) atoms. The van der Waals surface area contributed by atoms with Crippen molar-refractivity contribution in [3.63, 3.8) is 0 Å². The zero-order valence-electron chi connectivity index (χ0n) is 21.9. The summed E-state index contributed by atoms with van der Waals surface area (Å²) in [5.74, 6) is 1.35. The van der Waals surface area contributed by atoms with Gasteiger partial charge in [0.1, 0.15) is 21.5 Å². The Hall–Kier alpha value is -3.37. The summed E-state index contributed by atoms with van der Waals surface area (Å²) in [5, 5.41) is 0. The van der Waals surface area contributed by atoms with Gasteiger partial charge in [-0.2, -0.15) is 0 Å². The van der Waals surface area contributed by atoms with Gasteiger partial charge >= 0.3 is 0 Å². The van der Waals surface area contributed by atoms with Crippen LogP contribution in [0, 0.1) is 0 Å². The Balaban J connectivity index is 1.32. The van der Waals surface area contributed by atoms with Crippen molar-refractivity contribution in [3.8, 4) is 5.75 Å². The third-order valence-corrected chi connectivity index (χ3v) is 9.13. The number of hydrogen-bond donors (Lipinski definition) is 0. The number of amides is 1. The number of ether oxygens (including phenoxy) is 1. The molecule has 4 heterocycles. The number of hydrogen-bond acceptors (Lipinski definition) is 8. The lowest BCUT2D eigenvalue weighted by Gasteiger charge is -2.37. The molecule has 0 bridgehead atoms. The predicted molar refractivity (Wildman–Crippen MR) is 161 cm³/mol. The molecule has 10 heteroatoms. The Labute approximate surface area is 237 Å². The maximum absolute atomic E-state index is 13.8. The maximum Gasteiger partial charge on any atom is 0.267 e. The van der Waals surface area contributed by atoms with Crippen molar-refractivity contribution in [1.29, 1.82) is 0 Å². The third kappa shape index (κ3) is 5.03. The minimum absolute atomic E-state index is 0.0928. The number of piperazine rings is 1. The van der Waals surface area contributed by atoms with Gasteiger partial charge < -0.3 is 14.5 Å². The first-order valence-electron chi connectivity index (χ1n) is 13.5. The third-order valence-electron chi connectivity index (χ3n) is 7.80. The number of aromatic nitrogens is 2. The Morgan fingerprint density at radius 1 is 0.974 bits per heavy atom. The van der Waals surface area contributed by atoms with E-state index in [0.717, 1.165) is 50.2 Å². The second-order valence-electron chi connectivity index (χ2n) is 10.1. The molecule has 2 saturated heterocycles. The SMILES string of the molecule is COc1ccc(N2CCN(c3nc4ccccn4c(=O)c3/C=C3\SC(=S)N(C4CCCCC4)C3=O)CC2)cc1. The number of nitrogens with zero attached hydrogens (tertiary/aromatic N) is 5. The maximum atomic E-state index is 13.8. The van der Waals surface area contributed by atoms with E-state index in [1.54, 1.807) is 28.7 Å². The van der Waals surface area contributed by atoms with Crippen molar-refractivity contribution in [2.24, 2.45) is 0 Å². The summed E-state index contributed by atoms with van der Waals surface area (Å²) in [4.78, 5) is 38.9. The van der Waals surface area contributed by atoms with Crippen LogP contribution in [0.5, 0.6) is 5.75 Å². The van der Waals surface area contributed by atoms with Crippen molar-refractivity contribution in [1.82, 2.24) is 14.3 Å². The molecule has 0 unspecified atom stereocenters. The molecule has 1 amide bonds. The quantitative estimate of drug-likeness (QED) is 0.332. The molecule has 0 spiro atoms. The fraction of sp³-hybridized carbons (Fsp3) is 0.379. The molecule has 1 saturated carbocycles. The van der Waals surface area contributed by atoms with Crippen LogP contribution < -0.4 is 20.1 Å². The van der Waals surface area contributed by atoms with Gasteiger partial charge in [0, 0.05) is 44.1 Å². The number of anilines is 2. The lowest BCUT2D eigenvalue weighted by Crippen LogP contribution is -2.47. The minimum atomic E-state index is -0.184. The van der Waals surface area contributed by atoms with Gasteiger partial charge in [0.15, 0.2) is 0 Å². The summed E-state index contributed by atoms with van der Waals surface area (Å²) < 4.78 is 7.42. The Bertz CT molecular complexity index is 1490. The van der Waals surface area contributed by atoms with Crippen LogP contribution in [0.15, 0.2) is 58.4 Å². The van der Waals surface area contributed by atoms with E-state index in [4.69, 9.17) is 21.9 Å². The van der Waals surface area contributed by atoms with E-state index < -0.39 is 0 Å². The second kappa shape index (κ2) is 11.0. The van der Waals surface area contributed by atoms with Crippen molar-refractivity contribution in [2.45, 2.75) is 38.1 Å². The molecule has 6 rings (SSSR count).